The molecule has 162 valence electrons. The maximum Gasteiger partial charge on any atom is 0.255 e. The molecule has 2 heterocycles. The molecular weight excluding hydrogens is 415 g/mol. The van der Waals surface area contributed by atoms with E-state index in [4.69, 9.17) is 0 Å². The Kier molecular flexibility index (Phi) is 5.18. The minimum absolute atomic E-state index is 0.259. The fourth-order valence-corrected chi connectivity index (χ4v) is 3.93. The topological polar surface area (TPSA) is 70.7 Å². The van der Waals surface area contributed by atoms with E-state index in [1.54, 1.807) is 32.2 Å². The third kappa shape index (κ3) is 4.11. The van der Waals surface area contributed by atoms with Crippen LogP contribution >= 0.6 is 0 Å². The van der Waals surface area contributed by atoms with Gasteiger partial charge in [0.15, 0.2) is 5.82 Å². The quantitative estimate of drug-likeness (QED) is 0.347. The normalized spacial score (nSPS) is 11.0. The monoisotopic (exact) mass is 436 g/mol. The van der Waals surface area contributed by atoms with Gasteiger partial charge in [-0.15, -0.1) is 0 Å². The molecule has 0 bridgehead atoms. The molecule has 0 atom stereocenters. The molecule has 5 nitrogen and oxygen atoms in total. The van der Waals surface area contributed by atoms with Gasteiger partial charge >= 0.3 is 0 Å². The van der Waals surface area contributed by atoms with Crippen LogP contribution in [0.5, 0.6) is 0 Å². The van der Waals surface area contributed by atoms with Crippen LogP contribution in [0.1, 0.15) is 21.5 Å². The first-order chi connectivity index (χ1) is 16.0. The molecule has 0 spiro atoms. The second kappa shape index (κ2) is 8.31. The summed E-state index contributed by atoms with van der Waals surface area (Å²) in [7, 11) is 0. The summed E-state index contributed by atoms with van der Waals surface area (Å²) in [4.78, 5) is 25.2. The molecular formula is C27H21FN4O. The van der Waals surface area contributed by atoms with E-state index < -0.39 is 0 Å². The molecule has 0 saturated carbocycles. The Balaban J connectivity index is 1.41. The van der Waals surface area contributed by atoms with Gasteiger partial charge in [-0.1, -0.05) is 36.4 Å². The van der Waals surface area contributed by atoms with Gasteiger partial charge in [-0.2, -0.15) is 0 Å². The molecule has 5 rings (SSSR count). The lowest BCUT2D eigenvalue weighted by Gasteiger charge is -2.12. The minimum atomic E-state index is -0.319. The summed E-state index contributed by atoms with van der Waals surface area (Å²) in [6.07, 6.45) is 3.56. The molecule has 1 amide bonds. The molecule has 33 heavy (non-hydrogen) atoms. The Bertz CT molecular complexity index is 1480. The molecule has 0 aliphatic rings. The molecule has 0 radical (unpaired) electrons. The van der Waals surface area contributed by atoms with E-state index in [2.05, 4.69) is 20.3 Å². The van der Waals surface area contributed by atoms with E-state index in [9.17, 15) is 9.18 Å². The van der Waals surface area contributed by atoms with Gasteiger partial charge in [-0.05, 0) is 60.7 Å². The van der Waals surface area contributed by atoms with Gasteiger partial charge in [-0.3, -0.25) is 9.78 Å². The van der Waals surface area contributed by atoms with Gasteiger partial charge in [0.1, 0.15) is 11.5 Å². The number of aromatic amines is 1. The number of H-pyrrole nitrogens is 1. The summed E-state index contributed by atoms with van der Waals surface area (Å²) >= 11 is 0. The van der Waals surface area contributed by atoms with Gasteiger partial charge in [0.05, 0.1) is 11.9 Å². The maximum absolute atomic E-state index is 13.6. The summed E-state index contributed by atoms with van der Waals surface area (Å²) in [6.45, 7) is 3.55. The Morgan fingerprint density at radius 1 is 0.879 bits per heavy atom. The Hall–Kier alpha value is -4.32. The van der Waals surface area contributed by atoms with Crippen molar-refractivity contribution in [2.45, 2.75) is 13.8 Å². The largest absolute Gasteiger partial charge is 0.337 e. The van der Waals surface area contributed by atoms with Crippen molar-refractivity contribution in [2.24, 2.45) is 0 Å². The van der Waals surface area contributed by atoms with E-state index in [0.29, 0.717) is 28.2 Å². The van der Waals surface area contributed by atoms with Crippen molar-refractivity contribution < 1.29 is 9.18 Å². The number of hydrogen-bond acceptors (Lipinski definition) is 3. The number of aryl methyl sites for hydroxylation is 2. The van der Waals surface area contributed by atoms with Crippen LogP contribution in [0.2, 0.25) is 0 Å². The highest BCUT2D eigenvalue weighted by molar-refractivity contribution is 6.05. The van der Waals surface area contributed by atoms with E-state index in [1.807, 2.05) is 48.7 Å². The van der Waals surface area contributed by atoms with Crippen LogP contribution < -0.4 is 5.32 Å². The van der Waals surface area contributed by atoms with Crippen LogP contribution in [0, 0.1) is 19.7 Å². The zero-order valence-electron chi connectivity index (χ0n) is 18.2. The first kappa shape index (κ1) is 20.6. The van der Waals surface area contributed by atoms with Crippen molar-refractivity contribution in [1.82, 2.24) is 15.0 Å². The van der Waals surface area contributed by atoms with E-state index in [-0.39, 0.29) is 11.7 Å². The predicted molar refractivity (Wildman–Crippen MR) is 129 cm³/mol. The number of imidazole rings is 1. The summed E-state index contributed by atoms with van der Waals surface area (Å²) in [5.74, 6) is 0.0784. The first-order valence-corrected chi connectivity index (χ1v) is 10.6. The number of anilines is 1. The number of nitrogens with one attached hydrogen (secondary N) is 2. The maximum atomic E-state index is 13.6. The zero-order chi connectivity index (χ0) is 22.9. The average molecular weight is 436 g/mol. The van der Waals surface area contributed by atoms with Gasteiger partial charge in [0.25, 0.3) is 5.91 Å². The second-order valence-corrected chi connectivity index (χ2v) is 8.01. The molecule has 0 aliphatic heterocycles. The molecule has 0 saturated heterocycles. The van der Waals surface area contributed by atoms with Crippen molar-refractivity contribution in [3.8, 4) is 22.8 Å². The molecule has 0 unspecified atom stereocenters. The van der Waals surface area contributed by atoms with E-state index in [0.717, 1.165) is 27.7 Å². The number of carbonyl (C=O) groups is 1. The van der Waals surface area contributed by atoms with Crippen molar-refractivity contribution >= 4 is 22.4 Å². The summed E-state index contributed by atoms with van der Waals surface area (Å²) in [5.41, 5.74) is 4.83. The standard InChI is InChI=1S/C27H21FN4O/c1-16-10-22(28)11-17(2)25(16)32-27(33)20-9-5-8-19(12-20)24-15-30-26(31-24)23-13-18-6-3-4-7-21(18)14-29-23/h3-15H,1-2H3,(H,30,31)(H,32,33). The van der Waals surface area contributed by atoms with Crippen LogP contribution in [-0.4, -0.2) is 20.9 Å². The van der Waals surface area contributed by atoms with Crippen LogP contribution in [0.3, 0.4) is 0 Å². The molecule has 5 aromatic rings. The third-order valence-corrected chi connectivity index (χ3v) is 5.62. The number of rotatable bonds is 4. The summed E-state index contributed by atoms with van der Waals surface area (Å²) < 4.78 is 13.6. The smallest absolute Gasteiger partial charge is 0.255 e. The van der Waals surface area contributed by atoms with Crippen molar-refractivity contribution in [2.75, 3.05) is 5.32 Å². The molecule has 2 aromatic heterocycles. The van der Waals surface area contributed by atoms with Crippen LogP contribution in [-0.2, 0) is 0 Å². The van der Waals surface area contributed by atoms with Gasteiger partial charge in [0.2, 0.25) is 0 Å². The zero-order valence-corrected chi connectivity index (χ0v) is 18.2. The van der Waals surface area contributed by atoms with Gasteiger partial charge in [0, 0.05) is 28.4 Å². The number of carbonyl (C=O) groups excluding carboxylic acids is 1. The molecule has 0 aliphatic carbocycles. The number of hydrogen-bond donors (Lipinski definition) is 2. The number of halogens is 1. The number of aromatic nitrogens is 3. The number of pyridine rings is 1. The van der Waals surface area contributed by atoms with Crippen molar-refractivity contribution in [3.05, 3.63) is 102 Å². The fourth-order valence-electron chi connectivity index (χ4n) is 3.93. The molecule has 6 heteroatoms. The fraction of sp³-hybridized carbons (Fsp3) is 0.0741. The number of fused-ring (bicyclic) bond motifs is 1. The lowest BCUT2D eigenvalue weighted by Crippen LogP contribution is -2.14. The highest BCUT2D eigenvalue weighted by atomic mass is 19.1. The summed E-state index contributed by atoms with van der Waals surface area (Å²) in [5, 5.41) is 5.06. The third-order valence-electron chi connectivity index (χ3n) is 5.62. The summed E-state index contributed by atoms with van der Waals surface area (Å²) in [6, 6.07) is 20.1. The molecule has 2 N–H and O–H groups in total. The first-order valence-electron chi connectivity index (χ1n) is 10.6. The lowest BCUT2D eigenvalue weighted by atomic mass is 10.1. The predicted octanol–water partition coefficient (Wildman–Crippen LogP) is 6.30. The average Bonchev–Trinajstić information content (AvgIpc) is 3.31. The Morgan fingerprint density at radius 3 is 2.42 bits per heavy atom. The van der Waals surface area contributed by atoms with E-state index in [1.165, 1.54) is 12.1 Å². The van der Waals surface area contributed by atoms with Gasteiger partial charge in [-0.25, -0.2) is 9.37 Å². The van der Waals surface area contributed by atoms with Crippen LogP contribution in [0.4, 0.5) is 10.1 Å². The number of amides is 1. The van der Waals surface area contributed by atoms with Crippen LogP contribution in [0.15, 0.2) is 79.1 Å². The minimum Gasteiger partial charge on any atom is -0.337 e. The Morgan fingerprint density at radius 2 is 1.64 bits per heavy atom. The number of benzene rings is 3. The molecule has 0 fully saturated rings. The van der Waals surface area contributed by atoms with Crippen molar-refractivity contribution in [3.63, 3.8) is 0 Å². The van der Waals surface area contributed by atoms with E-state index >= 15 is 0 Å². The highest BCUT2D eigenvalue weighted by Gasteiger charge is 2.13. The lowest BCUT2D eigenvalue weighted by molar-refractivity contribution is 0.102. The highest BCUT2D eigenvalue weighted by Crippen LogP contribution is 2.26. The SMILES string of the molecule is Cc1cc(F)cc(C)c1NC(=O)c1cccc(-c2cnc(-c3cc4ccccc4cn3)[nH]2)c1. The van der Waals surface area contributed by atoms with Gasteiger partial charge < -0.3 is 10.3 Å². The second-order valence-electron chi connectivity index (χ2n) is 8.01. The number of nitrogens with zero attached hydrogens (tertiary/aromatic N) is 2. The van der Waals surface area contributed by atoms with Crippen LogP contribution in [0.25, 0.3) is 33.5 Å². The molecule has 3 aromatic carbocycles. The Labute approximate surface area is 190 Å². The van der Waals surface area contributed by atoms with Crippen molar-refractivity contribution in [1.29, 1.82) is 0 Å².